The van der Waals surface area contributed by atoms with Crippen molar-refractivity contribution in [3.8, 4) is 5.75 Å². The lowest BCUT2D eigenvalue weighted by atomic mass is 10.1. The summed E-state index contributed by atoms with van der Waals surface area (Å²) in [6.45, 7) is 3.23. The van der Waals surface area contributed by atoms with Crippen molar-refractivity contribution in [3.63, 3.8) is 0 Å². The number of benzene rings is 1. The summed E-state index contributed by atoms with van der Waals surface area (Å²) in [6, 6.07) is 4.74. The van der Waals surface area contributed by atoms with Gasteiger partial charge in [0.2, 0.25) is 0 Å². The molecule has 1 saturated heterocycles. The third-order valence-electron chi connectivity index (χ3n) is 3.43. The first-order valence-electron chi connectivity index (χ1n) is 6.96. The third kappa shape index (κ3) is 4.18. The average molecular weight is 267 g/mol. The Morgan fingerprint density at radius 1 is 1.53 bits per heavy atom. The van der Waals surface area contributed by atoms with Crippen LogP contribution in [-0.4, -0.2) is 19.3 Å². The third-order valence-corrected chi connectivity index (χ3v) is 3.43. The van der Waals surface area contributed by atoms with E-state index in [2.05, 4.69) is 0 Å². The van der Waals surface area contributed by atoms with Gasteiger partial charge >= 0.3 is 0 Å². The van der Waals surface area contributed by atoms with Crippen molar-refractivity contribution in [3.05, 3.63) is 29.6 Å². The molecule has 1 fully saturated rings. The van der Waals surface area contributed by atoms with Crippen molar-refractivity contribution < 1.29 is 13.9 Å². The Kier molecular flexibility index (Phi) is 5.16. The minimum Gasteiger partial charge on any atom is -0.491 e. The number of halogens is 1. The standard InChI is InChI=1S/C15H22FNO2/c1-11(17)12-6-7-15(14(16)10-12)19-9-3-5-13-4-2-8-18-13/h6-7,10-11,13H,2-5,8-9,17H2,1H3/t11-,13?/m1/s1. The summed E-state index contributed by atoms with van der Waals surface area (Å²) < 4.78 is 24.7. The van der Waals surface area contributed by atoms with Crippen molar-refractivity contribution in [1.82, 2.24) is 0 Å². The van der Waals surface area contributed by atoms with Gasteiger partial charge in [-0.1, -0.05) is 6.07 Å². The first kappa shape index (κ1) is 14.3. The summed E-state index contributed by atoms with van der Waals surface area (Å²) in [5.41, 5.74) is 6.48. The molecule has 1 heterocycles. The molecule has 0 aliphatic carbocycles. The van der Waals surface area contributed by atoms with Gasteiger partial charge in [0.05, 0.1) is 12.7 Å². The topological polar surface area (TPSA) is 44.5 Å². The van der Waals surface area contributed by atoms with E-state index in [1.807, 2.05) is 13.0 Å². The van der Waals surface area contributed by atoms with E-state index in [1.54, 1.807) is 6.07 Å². The molecule has 1 aromatic rings. The fourth-order valence-corrected chi connectivity index (χ4v) is 2.28. The molecule has 106 valence electrons. The molecule has 2 atom stereocenters. The summed E-state index contributed by atoms with van der Waals surface area (Å²) >= 11 is 0. The highest BCUT2D eigenvalue weighted by Crippen LogP contribution is 2.22. The quantitative estimate of drug-likeness (QED) is 0.805. The van der Waals surface area contributed by atoms with Crippen LogP contribution in [0.4, 0.5) is 4.39 Å². The van der Waals surface area contributed by atoms with Crippen LogP contribution in [0.25, 0.3) is 0 Å². The average Bonchev–Trinajstić information content (AvgIpc) is 2.89. The van der Waals surface area contributed by atoms with Crippen molar-refractivity contribution >= 4 is 0 Å². The minimum absolute atomic E-state index is 0.164. The SMILES string of the molecule is C[C@@H](N)c1ccc(OCCCC2CCCO2)c(F)c1. The highest BCUT2D eigenvalue weighted by atomic mass is 19.1. The largest absolute Gasteiger partial charge is 0.491 e. The predicted octanol–water partition coefficient (Wildman–Crippen LogP) is 3.18. The Balaban J connectivity index is 1.76. The van der Waals surface area contributed by atoms with Gasteiger partial charge in [-0.3, -0.25) is 0 Å². The van der Waals surface area contributed by atoms with Crippen LogP contribution < -0.4 is 10.5 Å². The van der Waals surface area contributed by atoms with E-state index in [0.717, 1.165) is 37.9 Å². The monoisotopic (exact) mass is 267 g/mol. The molecule has 3 nitrogen and oxygen atoms in total. The molecule has 2 N–H and O–H groups in total. The maximum absolute atomic E-state index is 13.7. The molecule has 0 radical (unpaired) electrons. The highest BCUT2D eigenvalue weighted by Gasteiger charge is 2.15. The predicted molar refractivity (Wildman–Crippen MR) is 72.7 cm³/mol. The van der Waals surface area contributed by atoms with Gasteiger partial charge in [-0.05, 0) is 50.3 Å². The fraction of sp³-hybridized carbons (Fsp3) is 0.600. The molecule has 19 heavy (non-hydrogen) atoms. The molecule has 0 saturated carbocycles. The highest BCUT2D eigenvalue weighted by molar-refractivity contribution is 5.30. The van der Waals surface area contributed by atoms with Gasteiger partial charge in [0, 0.05) is 12.6 Å². The summed E-state index contributed by atoms with van der Waals surface area (Å²) in [4.78, 5) is 0. The van der Waals surface area contributed by atoms with E-state index in [0.29, 0.717) is 18.5 Å². The zero-order chi connectivity index (χ0) is 13.7. The van der Waals surface area contributed by atoms with Gasteiger partial charge in [-0.2, -0.15) is 0 Å². The van der Waals surface area contributed by atoms with Crippen LogP contribution in [-0.2, 0) is 4.74 Å². The molecule has 0 spiro atoms. The summed E-state index contributed by atoms with van der Waals surface area (Å²) in [5.74, 6) is -0.0383. The number of hydrogen-bond donors (Lipinski definition) is 1. The van der Waals surface area contributed by atoms with Crippen molar-refractivity contribution in [2.75, 3.05) is 13.2 Å². The van der Waals surface area contributed by atoms with Crippen molar-refractivity contribution in [1.29, 1.82) is 0 Å². The number of hydrogen-bond acceptors (Lipinski definition) is 3. The van der Waals surface area contributed by atoms with Crippen LogP contribution >= 0.6 is 0 Å². The second-order valence-corrected chi connectivity index (χ2v) is 5.10. The first-order chi connectivity index (χ1) is 9.16. The normalized spacial score (nSPS) is 20.5. The van der Waals surface area contributed by atoms with Crippen LogP contribution in [0.2, 0.25) is 0 Å². The van der Waals surface area contributed by atoms with Crippen LogP contribution in [0.5, 0.6) is 5.75 Å². The zero-order valence-electron chi connectivity index (χ0n) is 11.4. The number of ether oxygens (including phenoxy) is 2. The molecule has 1 unspecified atom stereocenters. The summed E-state index contributed by atoms with van der Waals surface area (Å²) in [7, 11) is 0. The maximum atomic E-state index is 13.7. The van der Waals surface area contributed by atoms with E-state index in [9.17, 15) is 4.39 Å². The van der Waals surface area contributed by atoms with Gasteiger partial charge in [-0.25, -0.2) is 4.39 Å². The van der Waals surface area contributed by atoms with Crippen LogP contribution in [0.15, 0.2) is 18.2 Å². The number of nitrogens with two attached hydrogens (primary N) is 1. The van der Waals surface area contributed by atoms with Gasteiger partial charge in [0.15, 0.2) is 11.6 Å². The van der Waals surface area contributed by atoms with Gasteiger partial charge < -0.3 is 15.2 Å². The smallest absolute Gasteiger partial charge is 0.165 e. The van der Waals surface area contributed by atoms with E-state index >= 15 is 0 Å². The molecule has 2 rings (SSSR count). The van der Waals surface area contributed by atoms with E-state index in [1.165, 1.54) is 6.07 Å². The second-order valence-electron chi connectivity index (χ2n) is 5.10. The minimum atomic E-state index is -0.341. The van der Waals surface area contributed by atoms with E-state index in [-0.39, 0.29) is 11.9 Å². The molecule has 0 bridgehead atoms. The van der Waals surface area contributed by atoms with Crippen LogP contribution in [0.3, 0.4) is 0 Å². The zero-order valence-corrected chi connectivity index (χ0v) is 11.4. The lowest BCUT2D eigenvalue weighted by molar-refractivity contribution is 0.0979. The fourth-order valence-electron chi connectivity index (χ4n) is 2.28. The molecular formula is C15H22FNO2. The molecule has 0 aromatic heterocycles. The Labute approximate surface area is 113 Å². The molecule has 1 aliphatic heterocycles. The lowest BCUT2D eigenvalue weighted by Gasteiger charge is -2.12. The molecular weight excluding hydrogens is 245 g/mol. The van der Waals surface area contributed by atoms with Crippen LogP contribution in [0, 0.1) is 5.82 Å². The van der Waals surface area contributed by atoms with E-state index in [4.69, 9.17) is 15.2 Å². The Morgan fingerprint density at radius 2 is 2.37 bits per heavy atom. The summed E-state index contributed by atoms with van der Waals surface area (Å²) in [6.07, 6.45) is 4.53. The maximum Gasteiger partial charge on any atom is 0.165 e. The second kappa shape index (κ2) is 6.87. The van der Waals surface area contributed by atoms with Crippen molar-refractivity contribution in [2.24, 2.45) is 5.73 Å². The first-order valence-corrected chi connectivity index (χ1v) is 6.96. The van der Waals surface area contributed by atoms with Crippen LogP contribution in [0.1, 0.15) is 44.2 Å². The molecule has 4 heteroatoms. The Hall–Kier alpha value is -1.13. The number of rotatable bonds is 6. The van der Waals surface area contributed by atoms with Gasteiger partial charge in [0.25, 0.3) is 0 Å². The molecule has 0 amide bonds. The van der Waals surface area contributed by atoms with Gasteiger partial charge in [0.1, 0.15) is 0 Å². The van der Waals surface area contributed by atoms with Gasteiger partial charge in [-0.15, -0.1) is 0 Å². The lowest BCUT2D eigenvalue weighted by Crippen LogP contribution is -2.09. The van der Waals surface area contributed by atoms with E-state index < -0.39 is 0 Å². The molecule has 1 aliphatic rings. The van der Waals surface area contributed by atoms with Crippen molar-refractivity contribution in [2.45, 2.75) is 44.8 Å². The Bertz CT molecular complexity index is 403. The summed E-state index contributed by atoms with van der Waals surface area (Å²) in [5, 5.41) is 0. The molecule has 1 aromatic carbocycles. The Morgan fingerprint density at radius 3 is 3.00 bits per heavy atom.